The van der Waals surface area contributed by atoms with Crippen LogP contribution in [0.5, 0.6) is 0 Å². The van der Waals surface area contributed by atoms with E-state index in [1.165, 1.54) is 25.7 Å². The topological polar surface area (TPSA) is 55.1 Å². The van der Waals surface area contributed by atoms with Crippen molar-refractivity contribution in [3.05, 3.63) is 0 Å². The maximum Gasteiger partial charge on any atom is 0.223 e. The van der Waals surface area contributed by atoms with E-state index in [0.29, 0.717) is 23.4 Å². The van der Waals surface area contributed by atoms with Crippen molar-refractivity contribution in [3.8, 4) is 0 Å². The summed E-state index contributed by atoms with van der Waals surface area (Å²) in [7, 11) is 0. The van der Waals surface area contributed by atoms with Gasteiger partial charge in [-0.05, 0) is 24.7 Å². The summed E-state index contributed by atoms with van der Waals surface area (Å²) >= 11 is 4.99. The van der Waals surface area contributed by atoms with Crippen LogP contribution in [-0.2, 0) is 4.79 Å². The second-order valence-electron chi connectivity index (χ2n) is 6.10. The second-order valence-corrected chi connectivity index (χ2v) is 6.54. The summed E-state index contributed by atoms with van der Waals surface area (Å²) in [5, 5.41) is 3.02. The number of thiocarbonyl (C=S) groups is 1. The Bertz CT molecular complexity index is 328. The average molecular weight is 254 g/mol. The van der Waals surface area contributed by atoms with Crippen LogP contribution in [0.4, 0.5) is 0 Å². The molecule has 3 nitrogen and oxygen atoms in total. The van der Waals surface area contributed by atoms with Gasteiger partial charge in [-0.2, -0.15) is 0 Å². The molecular weight excluding hydrogens is 232 g/mol. The van der Waals surface area contributed by atoms with Crippen LogP contribution in [-0.4, -0.2) is 17.4 Å². The molecule has 2 atom stereocenters. The maximum absolute atomic E-state index is 12.0. The zero-order valence-corrected chi connectivity index (χ0v) is 11.5. The molecule has 0 aromatic rings. The lowest BCUT2D eigenvalue weighted by molar-refractivity contribution is -0.123. The van der Waals surface area contributed by atoms with E-state index in [2.05, 4.69) is 5.32 Å². The third kappa shape index (κ3) is 2.62. The van der Waals surface area contributed by atoms with Crippen molar-refractivity contribution >= 4 is 23.1 Å². The second kappa shape index (κ2) is 4.56. The van der Waals surface area contributed by atoms with Gasteiger partial charge < -0.3 is 11.1 Å². The number of nitrogens with one attached hydrogen (secondary N) is 1. The van der Waals surface area contributed by atoms with Crippen molar-refractivity contribution in [2.24, 2.45) is 28.9 Å². The molecule has 2 fully saturated rings. The van der Waals surface area contributed by atoms with Gasteiger partial charge in [-0.3, -0.25) is 4.79 Å². The standard InChI is InChI=1S/C13H22N2OS/c1-13(2,12(14)17)7-15-11(16)10-8-5-3-4-6-9(8)10/h8-10H,3-7H2,1-2H3,(H2,14,17)(H,15,16). The van der Waals surface area contributed by atoms with Gasteiger partial charge in [0, 0.05) is 17.9 Å². The summed E-state index contributed by atoms with van der Waals surface area (Å²) in [4.78, 5) is 12.5. The van der Waals surface area contributed by atoms with Crippen LogP contribution >= 0.6 is 12.2 Å². The highest BCUT2D eigenvalue weighted by molar-refractivity contribution is 7.80. The van der Waals surface area contributed by atoms with Crippen molar-refractivity contribution < 1.29 is 4.79 Å². The monoisotopic (exact) mass is 254 g/mol. The van der Waals surface area contributed by atoms with Crippen LogP contribution in [0.15, 0.2) is 0 Å². The molecule has 4 heteroatoms. The fraction of sp³-hybridized carbons (Fsp3) is 0.846. The van der Waals surface area contributed by atoms with E-state index in [-0.39, 0.29) is 17.2 Å². The zero-order chi connectivity index (χ0) is 12.6. The molecule has 2 rings (SSSR count). The number of hydrogen-bond donors (Lipinski definition) is 2. The summed E-state index contributed by atoms with van der Waals surface area (Å²) in [6.45, 7) is 4.49. The van der Waals surface area contributed by atoms with Crippen LogP contribution < -0.4 is 11.1 Å². The largest absolute Gasteiger partial charge is 0.393 e. The summed E-state index contributed by atoms with van der Waals surface area (Å²) < 4.78 is 0. The lowest BCUT2D eigenvalue weighted by Crippen LogP contribution is -2.42. The Kier molecular flexibility index (Phi) is 3.43. The number of fused-ring (bicyclic) bond motifs is 1. The molecule has 0 aromatic carbocycles. The van der Waals surface area contributed by atoms with Gasteiger partial charge in [-0.1, -0.05) is 38.9 Å². The van der Waals surface area contributed by atoms with Crippen molar-refractivity contribution in [1.82, 2.24) is 5.32 Å². The summed E-state index contributed by atoms with van der Waals surface area (Å²) in [6, 6.07) is 0. The highest BCUT2D eigenvalue weighted by Gasteiger charge is 2.54. The smallest absolute Gasteiger partial charge is 0.223 e. The minimum atomic E-state index is -0.287. The SMILES string of the molecule is CC(C)(CNC(=O)C1C2CCCCC21)C(N)=S. The zero-order valence-electron chi connectivity index (χ0n) is 10.7. The minimum absolute atomic E-state index is 0.214. The van der Waals surface area contributed by atoms with E-state index >= 15 is 0 Å². The predicted octanol–water partition coefficient (Wildman–Crippen LogP) is 1.85. The quantitative estimate of drug-likeness (QED) is 0.753. The Hall–Kier alpha value is -0.640. The molecule has 2 aliphatic rings. The van der Waals surface area contributed by atoms with E-state index < -0.39 is 0 Å². The summed E-state index contributed by atoms with van der Waals surface area (Å²) in [6.07, 6.45) is 5.07. The minimum Gasteiger partial charge on any atom is -0.393 e. The van der Waals surface area contributed by atoms with Gasteiger partial charge in [-0.25, -0.2) is 0 Å². The molecule has 2 aliphatic carbocycles. The Morgan fingerprint density at radius 1 is 1.35 bits per heavy atom. The first-order valence-electron chi connectivity index (χ1n) is 6.51. The number of rotatable bonds is 4. The highest BCUT2D eigenvalue weighted by Crippen LogP contribution is 2.55. The Balaban J connectivity index is 1.81. The van der Waals surface area contributed by atoms with Crippen molar-refractivity contribution in [2.75, 3.05) is 6.54 Å². The van der Waals surface area contributed by atoms with Gasteiger partial charge in [0.15, 0.2) is 0 Å². The lowest BCUT2D eigenvalue weighted by atomic mass is 9.93. The molecular formula is C13H22N2OS. The van der Waals surface area contributed by atoms with Crippen molar-refractivity contribution in [1.29, 1.82) is 0 Å². The fourth-order valence-electron chi connectivity index (χ4n) is 2.89. The molecule has 0 aliphatic heterocycles. The number of amides is 1. The molecule has 0 bridgehead atoms. The van der Waals surface area contributed by atoms with Crippen LogP contribution in [0.25, 0.3) is 0 Å². The summed E-state index contributed by atoms with van der Waals surface area (Å²) in [5.41, 5.74) is 5.36. The molecule has 3 N–H and O–H groups in total. The van der Waals surface area contributed by atoms with Gasteiger partial charge >= 0.3 is 0 Å². The Morgan fingerprint density at radius 2 is 1.88 bits per heavy atom. The number of hydrogen-bond acceptors (Lipinski definition) is 2. The third-order valence-electron chi connectivity index (χ3n) is 4.33. The van der Waals surface area contributed by atoms with Crippen LogP contribution in [0.1, 0.15) is 39.5 Å². The van der Waals surface area contributed by atoms with Gasteiger partial charge in [0.25, 0.3) is 0 Å². The molecule has 2 unspecified atom stereocenters. The molecule has 17 heavy (non-hydrogen) atoms. The molecule has 0 spiro atoms. The number of nitrogens with two attached hydrogens (primary N) is 1. The summed E-state index contributed by atoms with van der Waals surface area (Å²) in [5.74, 6) is 1.82. The van der Waals surface area contributed by atoms with E-state index in [4.69, 9.17) is 18.0 Å². The molecule has 0 radical (unpaired) electrons. The number of carbonyl (C=O) groups excluding carboxylic acids is 1. The first-order valence-corrected chi connectivity index (χ1v) is 6.92. The number of carbonyl (C=O) groups is 1. The maximum atomic E-state index is 12.0. The first-order chi connectivity index (χ1) is 7.93. The van der Waals surface area contributed by atoms with E-state index in [9.17, 15) is 4.79 Å². The van der Waals surface area contributed by atoms with Crippen LogP contribution in [0.3, 0.4) is 0 Å². The Morgan fingerprint density at radius 3 is 2.35 bits per heavy atom. The van der Waals surface area contributed by atoms with Gasteiger partial charge in [0.2, 0.25) is 5.91 Å². The molecule has 96 valence electrons. The van der Waals surface area contributed by atoms with Crippen molar-refractivity contribution in [2.45, 2.75) is 39.5 Å². The van der Waals surface area contributed by atoms with E-state index in [0.717, 1.165) is 0 Å². The fourth-order valence-corrected chi connectivity index (χ4v) is 2.97. The average Bonchev–Trinajstić information content (AvgIpc) is 3.00. The molecule has 0 saturated heterocycles. The molecule has 2 saturated carbocycles. The first kappa shape index (κ1) is 12.8. The van der Waals surface area contributed by atoms with E-state index in [1.807, 2.05) is 13.8 Å². The van der Waals surface area contributed by atoms with Gasteiger partial charge in [0.05, 0.1) is 4.99 Å². The van der Waals surface area contributed by atoms with Gasteiger partial charge in [-0.15, -0.1) is 0 Å². The van der Waals surface area contributed by atoms with Crippen LogP contribution in [0, 0.1) is 23.2 Å². The molecule has 0 heterocycles. The lowest BCUT2D eigenvalue weighted by Gasteiger charge is -2.23. The Labute approximate surface area is 109 Å². The molecule has 0 aromatic heterocycles. The van der Waals surface area contributed by atoms with Crippen molar-refractivity contribution in [3.63, 3.8) is 0 Å². The normalized spacial score (nSPS) is 31.5. The van der Waals surface area contributed by atoms with Gasteiger partial charge in [0.1, 0.15) is 0 Å². The van der Waals surface area contributed by atoms with E-state index in [1.54, 1.807) is 0 Å². The predicted molar refractivity (Wildman–Crippen MR) is 72.5 cm³/mol. The highest BCUT2D eigenvalue weighted by atomic mass is 32.1. The third-order valence-corrected chi connectivity index (χ3v) is 4.88. The molecule has 1 amide bonds. The van der Waals surface area contributed by atoms with Crippen LogP contribution in [0.2, 0.25) is 0 Å².